The minimum atomic E-state index is 0.0426. The van der Waals surface area contributed by atoms with Gasteiger partial charge in [-0.3, -0.25) is 4.79 Å². The van der Waals surface area contributed by atoms with Gasteiger partial charge in [0.2, 0.25) is 0 Å². The Kier molecular flexibility index (Phi) is 3.26. The number of carbonyl (C=O) groups excluding carboxylic acids is 1. The summed E-state index contributed by atoms with van der Waals surface area (Å²) in [6.07, 6.45) is 1.75. The van der Waals surface area contributed by atoms with Crippen molar-refractivity contribution in [2.24, 2.45) is 0 Å². The van der Waals surface area contributed by atoms with Crippen LogP contribution in [-0.4, -0.2) is 10.8 Å². The molecule has 0 radical (unpaired) electrons. The Labute approximate surface area is 102 Å². The topological polar surface area (TPSA) is 56.0 Å². The summed E-state index contributed by atoms with van der Waals surface area (Å²) in [6, 6.07) is 5.31. The molecule has 0 amide bonds. The van der Waals surface area contributed by atoms with Crippen molar-refractivity contribution in [2.45, 2.75) is 16.2 Å². The van der Waals surface area contributed by atoms with Crippen molar-refractivity contribution in [2.75, 3.05) is 5.73 Å². The molecule has 1 aromatic heterocycles. The number of thiazole rings is 1. The Morgan fingerprint density at radius 3 is 2.94 bits per heavy atom. The summed E-state index contributed by atoms with van der Waals surface area (Å²) < 4.78 is 0.924. The fraction of sp³-hybridized carbons (Fsp3) is 0.0909. The van der Waals surface area contributed by atoms with Gasteiger partial charge in [-0.05, 0) is 25.1 Å². The molecule has 1 aromatic carbocycles. The van der Waals surface area contributed by atoms with Gasteiger partial charge in [0.05, 0.1) is 0 Å². The maximum atomic E-state index is 11.2. The van der Waals surface area contributed by atoms with Crippen LogP contribution in [0.4, 0.5) is 5.69 Å². The van der Waals surface area contributed by atoms with E-state index in [4.69, 9.17) is 5.73 Å². The van der Waals surface area contributed by atoms with Gasteiger partial charge in [0.1, 0.15) is 0 Å². The first kappa shape index (κ1) is 11.2. The molecule has 0 unspecified atom stereocenters. The Morgan fingerprint density at radius 2 is 2.31 bits per heavy atom. The summed E-state index contributed by atoms with van der Waals surface area (Å²) in [5.41, 5.74) is 7.20. The van der Waals surface area contributed by atoms with E-state index in [1.54, 1.807) is 36.6 Å². The van der Waals surface area contributed by atoms with Crippen LogP contribution in [0.15, 0.2) is 39.0 Å². The second-order valence-corrected chi connectivity index (χ2v) is 5.39. The quantitative estimate of drug-likeness (QED) is 0.672. The van der Waals surface area contributed by atoms with Crippen molar-refractivity contribution in [1.29, 1.82) is 0 Å². The number of Topliss-reactive ketones (excluding diaryl/α,β-unsaturated/α-hetero) is 1. The lowest BCUT2D eigenvalue weighted by atomic mass is 10.1. The summed E-state index contributed by atoms with van der Waals surface area (Å²) in [6.45, 7) is 1.55. The van der Waals surface area contributed by atoms with Crippen molar-refractivity contribution in [3.63, 3.8) is 0 Å². The van der Waals surface area contributed by atoms with Crippen LogP contribution < -0.4 is 5.73 Å². The summed E-state index contributed by atoms with van der Waals surface area (Å²) >= 11 is 3.03. The standard InChI is InChI=1S/C11H10N2OS2/c1-7(14)8-2-3-9(12)10(6-8)16-11-13-4-5-15-11/h2-6H,12H2,1H3. The third-order valence-electron chi connectivity index (χ3n) is 2.03. The number of benzene rings is 1. The Balaban J connectivity index is 2.32. The fourth-order valence-corrected chi connectivity index (χ4v) is 2.86. The molecule has 0 fully saturated rings. The summed E-state index contributed by atoms with van der Waals surface area (Å²) in [7, 11) is 0. The van der Waals surface area contributed by atoms with Crippen LogP contribution in [0.1, 0.15) is 17.3 Å². The number of nitrogen functional groups attached to an aromatic ring is 1. The van der Waals surface area contributed by atoms with Crippen molar-refractivity contribution in [3.8, 4) is 0 Å². The first-order valence-corrected chi connectivity index (χ1v) is 6.34. The molecule has 5 heteroatoms. The number of ketones is 1. The number of hydrogen-bond donors (Lipinski definition) is 1. The van der Waals surface area contributed by atoms with Crippen LogP contribution in [0.25, 0.3) is 0 Å². The SMILES string of the molecule is CC(=O)c1ccc(N)c(Sc2nccs2)c1. The second-order valence-electron chi connectivity index (χ2n) is 3.21. The Bertz CT molecular complexity index is 509. The van der Waals surface area contributed by atoms with Gasteiger partial charge in [-0.15, -0.1) is 11.3 Å². The monoisotopic (exact) mass is 250 g/mol. The largest absolute Gasteiger partial charge is 0.398 e. The van der Waals surface area contributed by atoms with Crippen molar-refractivity contribution < 1.29 is 4.79 Å². The number of aromatic nitrogens is 1. The fourth-order valence-electron chi connectivity index (χ4n) is 1.20. The van der Waals surface area contributed by atoms with Gasteiger partial charge in [0, 0.05) is 27.7 Å². The van der Waals surface area contributed by atoms with Gasteiger partial charge < -0.3 is 5.73 Å². The van der Waals surface area contributed by atoms with Gasteiger partial charge in [0.25, 0.3) is 0 Å². The third kappa shape index (κ3) is 2.43. The van der Waals surface area contributed by atoms with Gasteiger partial charge in [-0.2, -0.15) is 0 Å². The van der Waals surface area contributed by atoms with E-state index in [-0.39, 0.29) is 5.78 Å². The molecule has 82 valence electrons. The van der Waals surface area contributed by atoms with Crippen LogP contribution in [-0.2, 0) is 0 Å². The van der Waals surface area contributed by atoms with Crippen LogP contribution in [0.3, 0.4) is 0 Å². The minimum absolute atomic E-state index is 0.0426. The molecule has 0 aliphatic rings. The number of anilines is 1. The molecule has 2 aromatic rings. The normalized spacial score (nSPS) is 10.3. The van der Waals surface area contributed by atoms with E-state index < -0.39 is 0 Å². The third-order valence-corrected chi connectivity index (χ3v) is 3.98. The zero-order valence-electron chi connectivity index (χ0n) is 8.64. The Morgan fingerprint density at radius 1 is 1.50 bits per heavy atom. The van der Waals surface area contributed by atoms with Crippen LogP contribution in [0.2, 0.25) is 0 Å². The van der Waals surface area contributed by atoms with Crippen LogP contribution >= 0.6 is 23.1 Å². The summed E-state index contributed by atoms with van der Waals surface area (Å²) in [5.74, 6) is 0.0426. The molecule has 0 saturated heterocycles. The Hall–Kier alpha value is -1.33. The average molecular weight is 250 g/mol. The highest BCUT2D eigenvalue weighted by molar-refractivity contribution is 8.01. The van der Waals surface area contributed by atoms with Gasteiger partial charge in [-0.25, -0.2) is 4.98 Å². The molecule has 0 spiro atoms. The lowest BCUT2D eigenvalue weighted by molar-refractivity contribution is 0.101. The smallest absolute Gasteiger partial charge is 0.159 e. The molecule has 0 aliphatic carbocycles. The molecule has 3 nitrogen and oxygen atoms in total. The maximum Gasteiger partial charge on any atom is 0.159 e. The molecule has 0 aliphatic heterocycles. The molecular weight excluding hydrogens is 240 g/mol. The highest BCUT2D eigenvalue weighted by Gasteiger charge is 2.07. The van der Waals surface area contributed by atoms with E-state index in [1.807, 2.05) is 11.4 Å². The number of hydrogen-bond acceptors (Lipinski definition) is 5. The van der Waals surface area contributed by atoms with Gasteiger partial charge >= 0.3 is 0 Å². The van der Waals surface area contributed by atoms with Crippen molar-refractivity contribution >= 4 is 34.6 Å². The van der Waals surface area contributed by atoms with Crippen molar-refractivity contribution in [3.05, 3.63) is 35.3 Å². The molecule has 1 heterocycles. The first-order valence-electron chi connectivity index (χ1n) is 4.64. The highest BCUT2D eigenvalue weighted by Crippen LogP contribution is 2.33. The van der Waals surface area contributed by atoms with Crippen LogP contribution in [0, 0.1) is 0 Å². The molecule has 2 rings (SSSR count). The maximum absolute atomic E-state index is 11.2. The second kappa shape index (κ2) is 4.67. The van der Waals surface area contributed by atoms with Gasteiger partial charge in [0.15, 0.2) is 10.1 Å². The lowest BCUT2D eigenvalue weighted by Crippen LogP contribution is -1.95. The first-order chi connectivity index (χ1) is 7.66. The van der Waals surface area contributed by atoms with E-state index in [0.717, 1.165) is 9.24 Å². The van der Waals surface area contributed by atoms with E-state index in [0.29, 0.717) is 11.3 Å². The summed E-state index contributed by atoms with van der Waals surface area (Å²) in [5, 5.41) is 1.91. The zero-order valence-corrected chi connectivity index (χ0v) is 10.3. The number of rotatable bonds is 3. The number of nitrogens with zero attached hydrogens (tertiary/aromatic N) is 1. The van der Waals surface area contributed by atoms with E-state index in [1.165, 1.54) is 11.8 Å². The molecule has 0 bridgehead atoms. The zero-order chi connectivity index (χ0) is 11.5. The summed E-state index contributed by atoms with van der Waals surface area (Å²) in [4.78, 5) is 16.3. The minimum Gasteiger partial charge on any atom is -0.398 e. The molecule has 2 N–H and O–H groups in total. The molecule has 0 saturated carbocycles. The van der Waals surface area contributed by atoms with Crippen molar-refractivity contribution in [1.82, 2.24) is 4.98 Å². The molecule has 0 atom stereocenters. The van der Waals surface area contributed by atoms with E-state index in [9.17, 15) is 4.79 Å². The highest BCUT2D eigenvalue weighted by atomic mass is 32.2. The number of nitrogens with two attached hydrogens (primary N) is 1. The van der Waals surface area contributed by atoms with E-state index in [2.05, 4.69) is 4.98 Å². The molecule has 16 heavy (non-hydrogen) atoms. The predicted octanol–water partition coefficient (Wildman–Crippen LogP) is 3.08. The average Bonchev–Trinajstić information content (AvgIpc) is 2.73. The van der Waals surface area contributed by atoms with Crippen LogP contribution in [0.5, 0.6) is 0 Å². The van der Waals surface area contributed by atoms with Gasteiger partial charge in [-0.1, -0.05) is 11.8 Å². The van der Waals surface area contributed by atoms with E-state index >= 15 is 0 Å². The molecular formula is C11H10N2OS2. The predicted molar refractivity (Wildman–Crippen MR) is 67.1 cm³/mol. The number of carbonyl (C=O) groups is 1. The lowest BCUT2D eigenvalue weighted by Gasteiger charge is -2.04.